The van der Waals surface area contributed by atoms with Crippen molar-refractivity contribution in [3.05, 3.63) is 36.3 Å². The first-order chi connectivity index (χ1) is 16.4. The summed E-state index contributed by atoms with van der Waals surface area (Å²) in [6.07, 6.45) is -0.749. The molecule has 0 aliphatic carbocycles. The molecule has 5 heterocycles. The van der Waals surface area contributed by atoms with Crippen molar-refractivity contribution in [2.75, 3.05) is 30.8 Å². The minimum Gasteiger partial charge on any atom is -0.371 e. The third kappa shape index (κ3) is 3.76. The summed E-state index contributed by atoms with van der Waals surface area (Å²) in [5.74, 6) is 0.524. The molecule has 0 bridgehead atoms. The summed E-state index contributed by atoms with van der Waals surface area (Å²) in [6.45, 7) is 1.89. The number of halogens is 3. The van der Waals surface area contributed by atoms with Gasteiger partial charge in [0.15, 0.2) is 11.5 Å². The molecular weight excluding hydrogens is 451 g/mol. The number of imidazole rings is 1. The molecule has 1 aliphatic rings. The van der Waals surface area contributed by atoms with Crippen molar-refractivity contribution in [3.63, 3.8) is 0 Å². The molecule has 0 radical (unpaired) electrons. The van der Waals surface area contributed by atoms with Gasteiger partial charge >= 0.3 is 0 Å². The second-order valence-corrected chi connectivity index (χ2v) is 8.05. The number of carbonyl (C=O) groups is 1. The van der Waals surface area contributed by atoms with E-state index in [9.17, 15) is 18.0 Å². The first-order valence-electron chi connectivity index (χ1n) is 10.7. The Morgan fingerprint density at radius 3 is 2.76 bits per heavy atom. The maximum Gasteiger partial charge on any atom is 0.282 e. The predicted molar refractivity (Wildman–Crippen MR) is 119 cm³/mol. The number of piperidine rings is 1. The number of rotatable bonds is 5. The van der Waals surface area contributed by atoms with Gasteiger partial charge in [0, 0.05) is 32.3 Å². The van der Waals surface area contributed by atoms with Gasteiger partial charge in [-0.15, -0.1) is 5.10 Å². The largest absolute Gasteiger partial charge is 0.371 e. The average Bonchev–Trinajstić information content (AvgIpc) is 3.43. The summed E-state index contributed by atoms with van der Waals surface area (Å²) in [5.41, 5.74) is 1.67. The fourth-order valence-corrected chi connectivity index (χ4v) is 4.17. The number of anilines is 2. The summed E-state index contributed by atoms with van der Waals surface area (Å²) < 4.78 is 44.0. The molecule has 1 fully saturated rings. The van der Waals surface area contributed by atoms with Gasteiger partial charge in [0.2, 0.25) is 11.9 Å². The van der Waals surface area contributed by atoms with Crippen LogP contribution in [-0.2, 0) is 4.79 Å². The van der Waals surface area contributed by atoms with Crippen molar-refractivity contribution < 1.29 is 18.0 Å². The van der Waals surface area contributed by atoms with E-state index in [-0.39, 0.29) is 24.1 Å². The molecule has 34 heavy (non-hydrogen) atoms. The molecule has 1 aliphatic heterocycles. The van der Waals surface area contributed by atoms with Gasteiger partial charge in [-0.05, 0) is 24.6 Å². The topological polar surface area (TPSA) is 105 Å². The number of amides is 1. The fourth-order valence-electron chi connectivity index (χ4n) is 4.17. The Balaban J connectivity index is 1.48. The van der Waals surface area contributed by atoms with Crippen LogP contribution in [0.2, 0.25) is 0 Å². The minimum absolute atomic E-state index is 0.0187. The summed E-state index contributed by atoms with van der Waals surface area (Å²) >= 11 is 0. The lowest BCUT2D eigenvalue weighted by molar-refractivity contribution is -0.131. The Bertz CT molecular complexity index is 1370. The Hall–Kier alpha value is -3.90. The van der Waals surface area contributed by atoms with Crippen LogP contribution in [0.15, 0.2) is 30.6 Å². The molecule has 4 aromatic rings. The average molecular weight is 473 g/mol. The molecule has 0 aromatic carbocycles. The molecule has 1 saturated heterocycles. The van der Waals surface area contributed by atoms with Crippen molar-refractivity contribution in [2.24, 2.45) is 0 Å². The SMILES string of the molecule is CNc1nc(N[C@H]2CCN(C(C)=O)C[C@H]2F)nn2ccc(-c3ccc4ncc(C(F)F)n4n3)c12. The summed E-state index contributed by atoms with van der Waals surface area (Å²) in [5, 5.41) is 14.9. The van der Waals surface area contributed by atoms with Crippen molar-refractivity contribution in [1.29, 1.82) is 0 Å². The Labute approximate surface area is 191 Å². The Morgan fingerprint density at radius 1 is 1.24 bits per heavy atom. The van der Waals surface area contributed by atoms with Gasteiger partial charge < -0.3 is 15.5 Å². The van der Waals surface area contributed by atoms with Crippen LogP contribution in [0, 0.1) is 0 Å². The quantitative estimate of drug-likeness (QED) is 0.459. The predicted octanol–water partition coefficient (Wildman–Crippen LogP) is 2.79. The number of fused-ring (bicyclic) bond motifs is 2. The fraction of sp³-hybridized carbons (Fsp3) is 0.381. The van der Waals surface area contributed by atoms with E-state index in [1.165, 1.54) is 11.8 Å². The molecule has 2 N–H and O–H groups in total. The van der Waals surface area contributed by atoms with E-state index in [4.69, 9.17) is 0 Å². The number of carbonyl (C=O) groups excluding carboxylic acids is 1. The van der Waals surface area contributed by atoms with Crippen LogP contribution in [0.3, 0.4) is 0 Å². The monoisotopic (exact) mass is 473 g/mol. The highest BCUT2D eigenvalue weighted by Crippen LogP contribution is 2.30. The van der Waals surface area contributed by atoms with E-state index in [0.29, 0.717) is 41.2 Å². The molecule has 1 amide bonds. The molecule has 0 saturated carbocycles. The second kappa shape index (κ2) is 8.47. The van der Waals surface area contributed by atoms with E-state index in [1.54, 1.807) is 36.0 Å². The van der Waals surface area contributed by atoms with E-state index >= 15 is 0 Å². The van der Waals surface area contributed by atoms with E-state index in [1.807, 2.05) is 0 Å². The Morgan fingerprint density at radius 2 is 2.06 bits per heavy atom. The van der Waals surface area contributed by atoms with Crippen LogP contribution in [0.4, 0.5) is 24.9 Å². The van der Waals surface area contributed by atoms with Gasteiger partial charge in [-0.25, -0.2) is 27.2 Å². The molecule has 10 nitrogen and oxygen atoms in total. The van der Waals surface area contributed by atoms with Gasteiger partial charge in [0.1, 0.15) is 17.4 Å². The molecular formula is C21H22F3N9O. The number of hydrogen-bond acceptors (Lipinski definition) is 7. The number of likely N-dealkylation sites (tertiary alicyclic amines) is 1. The highest BCUT2D eigenvalue weighted by atomic mass is 19.3. The third-order valence-corrected chi connectivity index (χ3v) is 5.94. The maximum absolute atomic E-state index is 14.7. The number of nitrogens with one attached hydrogen (secondary N) is 2. The summed E-state index contributed by atoms with van der Waals surface area (Å²) in [4.78, 5) is 21.5. The van der Waals surface area contributed by atoms with Gasteiger partial charge in [-0.3, -0.25) is 4.79 Å². The van der Waals surface area contributed by atoms with Crippen molar-refractivity contribution in [1.82, 2.24) is 34.1 Å². The molecule has 5 rings (SSSR count). The molecule has 178 valence electrons. The van der Waals surface area contributed by atoms with Gasteiger partial charge in [0.05, 0.1) is 24.5 Å². The lowest BCUT2D eigenvalue weighted by atomic mass is 10.0. The lowest BCUT2D eigenvalue weighted by Gasteiger charge is -2.34. The summed E-state index contributed by atoms with van der Waals surface area (Å²) in [6, 6.07) is 4.52. The van der Waals surface area contributed by atoms with E-state index in [0.717, 1.165) is 10.7 Å². The molecule has 0 unspecified atom stereocenters. The smallest absolute Gasteiger partial charge is 0.282 e. The third-order valence-electron chi connectivity index (χ3n) is 5.94. The number of nitrogens with zero attached hydrogens (tertiary/aromatic N) is 7. The van der Waals surface area contributed by atoms with Crippen LogP contribution >= 0.6 is 0 Å². The zero-order chi connectivity index (χ0) is 24.0. The van der Waals surface area contributed by atoms with Crippen LogP contribution < -0.4 is 10.6 Å². The normalized spacial score (nSPS) is 18.7. The highest BCUT2D eigenvalue weighted by molar-refractivity contribution is 5.87. The molecule has 0 spiro atoms. The van der Waals surface area contributed by atoms with Gasteiger partial charge in [-0.2, -0.15) is 10.1 Å². The first kappa shape index (κ1) is 21.9. The van der Waals surface area contributed by atoms with Crippen molar-refractivity contribution >= 4 is 28.8 Å². The molecule has 2 atom stereocenters. The number of hydrogen-bond donors (Lipinski definition) is 2. The van der Waals surface area contributed by atoms with Crippen LogP contribution in [-0.4, -0.2) is 72.4 Å². The number of alkyl halides is 3. The summed E-state index contributed by atoms with van der Waals surface area (Å²) in [7, 11) is 1.69. The number of aromatic nitrogens is 6. The van der Waals surface area contributed by atoms with Crippen LogP contribution in [0.25, 0.3) is 22.4 Å². The van der Waals surface area contributed by atoms with Crippen molar-refractivity contribution in [2.45, 2.75) is 32.0 Å². The van der Waals surface area contributed by atoms with Gasteiger partial charge in [0.25, 0.3) is 6.43 Å². The van der Waals surface area contributed by atoms with E-state index in [2.05, 4.69) is 30.8 Å². The molecule has 4 aromatic heterocycles. The standard InChI is InChI=1S/C21H22F3N9O/c1-11(34)31-7-6-15(13(22)10-31)27-21-28-20(25-2)18-12(5-8-32(18)30-21)14-3-4-17-26-9-16(19(23)24)33(17)29-14/h3-5,8-9,13,15,19H,6-7,10H2,1-2H3,(H2,25,27,28,30)/t13-,15+/m1/s1. The van der Waals surface area contributed by atoms with Crippen molar-refractivity contribution in [3.8, 4) is 11.3 Å². The Kier molecular flexibility index (Phi) is 5.46. The van der Waals surface area contributed by atoms with E-state index < -0.39 is 18.6 Å². The second-order valence-electron chi connectivity index (χ2n) is 8.05. The minimum atomic E-state index is -2.71. The van der Waals surface area contributed by atoms with Crippen LogP contribution in [0.1, 0.15) is 25.5 Å². The zero-order valence-corrected chi connectivity index (χ0v) is 18.4. The zero-order valence-electron chi connectivity index (χ0n) is 18.4. The lowest BCUT2D eigenvalue weighted by Crippen LogP contribution is -2.49. The first-order valence-corrected chi connectivity index (χ1v) is 10.7. The van der Waals surface area contributed by atoms with Crippen LogP contribution in [0.5, 0.6) is 0 Å². The maximum atomic E-state index is 14.7. The highest BCUT2D eigenvalue weighted by Gasteiger charge is 2.31. The molecule has 13 heteroatoms. The van der Waals surface area contributed by atoms with Gasteiger partial charge in [-0.1, -0.05) is 0 Å².